The van der Waals surface area contributed by atoms with Crippen molar-refractivity contribution in [3.8, 4) is 0 Å². The lowest BCUT2D eigenvalue weighted by Gasteiger charge is -2.29. The Balaban J connectivity index is 1.41. The summed E-state index contributed by atoms with van der Waals surface area (Å²) >= 11 is 0. The summed E-state index contributed by atoms with van der Waals surface area (Å²) in [6.45, 7) is 2.60. The van der Waals surface area contributed by atoms with Gasteiger partial charge in [0.05, 0.1) is 6.42 Å². The fourth-order valence-corrected chi connectivity index (χ4v) is 3.88. The number of hydrogen-bond donors (Lipinski definition) is 2. The van der Waals surface area contributed by atoms with Crippen LogP contribution in [-0.4, -0.2) is 43.7 Å². The Morgan fingerprint density at radius 1 is 1.17 bits per heavy atom. The number of aliphatic carboxylic acids is 1. The van der Waals surface area contributed by atoms with Gasteiger partial charge in [0.1, 0.15) is 5.82 Å². The van der Waals surface area contributed by atoms with Gasteiger partial charge in [-0.3, -0.25) is 15.0 Å². The second-order valence-electron chi connectivity index (χ2n) is 7.78. The number of fused-ring (bicyclic) bond motifs is 1. The van der Waals surface area contributed by atoms with E-state index in [2.05, 4.69) is 21.0 Å². The van der Waals surface area contributed by atoms with Crippen molar-refractivity contribution in [1.29, 1.82) is 0 Å². The Bertz CT molecular complexity index is 799. The summed E-state index contributed by atoms with van der Waals surface area (Å²) in [6, 6.07) is 0. The predicted molar refractivity (Wildman–Crippen MR) is 111 cm³/mol. The quantitative estimate of drug-likeness (QED) is 0.567. The molecule has 0 amide bonds. The highest BCUT2D eigenvalue weighted by Crippen LogP contribution is 2.27. The monoisotopic (exact) mass is 398 g/mol. The Morgan fingerprint density at radius 2 is 1.93 bits per heavy atom. The molecule has 0 fully saturated rings. The number of carboxylic acid groups (broad SMARTS) is 1. The Hall–Kier alpha value is -2.54. The van der Waals surface area contributed by atoms with Crippen LogP contribution < -0.4 is 0 Å². The maximum Gasteiger partial charge on any atom is 0.303 e. The minimum absolute atomic E-state index is 0.0463. The van der Waals surface area contributed by atoms with E-state index >= 15 is 0 Å². The Labute approximate surface area is 171 Å². The van der Waals surface area contributed by atoms with Gasteiger partial charge in [-0.2, -0.15) is 0 Å². The first-order valence-corrected chi connectivity index (χ1v) is 10.5. The third-order valence-electron chi connectivity index (χ3n) is 5.53. The molecule has 7 nitrogen and oxygen atoms in total. The van der Waals surface area contributed by atoms with Crippen molar-refractivity contribution >= 4 is 11.8 Å². The van der Waals surface area contributed by atoms with Gasteiger partial charge >= 0.3 is 5.97 Å². The zero-order valence-electron chi connectivity index (χ0n) is 17.0. The van der Waals surface area contributed by atoms with Crippen LogP contribution in [0.4, 0.5) is 0 Å². The van der Waals surface area contributed by atoms with Gasteiger partial charge in [-0.15, -0.1) is 0 Å². The molecule has 1 atom stereocenters. The third kappa shape index (κ3) is 5.97. The van der Waals surface area contributed by atoms with Crippen LogP contribution in [0.1, 0.15) is 75.1 Å². The Kier molecular flexibility index (Phi) is 7.52. The molecular weight excluding hydrogens is 368 g/mol. The largest absolute Gasteiger partial charge is 0.481 e. The molecule has 3 rings (SSSR count). The van der Waals surface area contributed by atoms with Crippen LogP contribution >= 0.6 is 0 Å². The molecule has 0 bridgehead atoms. The number of amidine groups is 1. The number of carboxylic acids is 1. The smallest absolute Gasteiger partial charge is 0.303 e. The van der Waals surface area contributed by atoms with E-state index in [1.807, 2.05) is 13.0 Å². The molecule has 2 N–H and O–H groups in total. The molecule has 3 heterocycles. The second kappa shape index (κ2) is 10.3. The van der Waals surface area contributed by atoms with E-state index in [0.29, 0.717) is 11.7 Å². The average Bonchev–Trinajstić information content (AvgIpc) is 2.71. The number of allylic oxidation sites excluding steroid dienone is 3. The molecule has 0 unspecified atom stereocenters. The molecule has 0 aliphatic carbocycles. The highest BCUT2D eigenvalue weighted by atomic mass is 16.5. The molecule has 1 aromatic heterocycles. The molecule has 29 heavy (non-hydrogen) atoms. The molecular formula is C22H30N4O3. The number of hydrogen-bond acceptors (Lipinski definition) is 6. The fraction of sp³-hybridized carbons (Fsp3) is 0.545. The SMILES string of the molecule is Cc1ncc([C@@H](CCCCCCC2=CC=C3CCCN=C3N2O)CC(=O)O)cn1. The van der Waals surface area contributed by atoms with Crippen LogP contribution in [0, 0.1) is 6.92 Å². The Morgan fingerprint density at radius 3 is 2.69 bits per heavy atom. The lowest BCUT2D eigenvalue weighted by molar-refractivity contribution is -0.137. The van der Waals surface area contributed by atoms with Crippen molar-refractivity contribution in [1.82, 2.24) is 15.0 Å². The lowest BCUT2D eigenvalue weighted by atomic mass is 9.92. The molecule has 2 aliphatic heterocycles. The first-order valence-electron chi connectivity index (χ1n) is 10.5. The van der Waals surface area contributed by atoms with Crippen LogP contribution in [0.25, 0.3) is 0 Å². The van der Waals surface area contributed by atoms with E-state index in [9.17, 15) is 15.1 Å². The zero-order valence-corrected chi connectivity index (χ0v) is 17.0. The van der Waals surface area contributed by atoms with Crippen LogP contribution in [0.15, 0.2) is 40.8 Å². The van der Waals surface area contributed by atoms with Crippen molar-refractivity contribution in [2.75, 3.05) is 6.54 Å². The molecule has 7 heteroatoms. The van der Waals surface area contributed by atoms with Crippen molar-refractivity contribution in [2.24, 2.45) is 4.99 Å². The third-order valence-corrected chi connectivity index (χ3v) is 5.53. The zero-order chi connectivity index (χ0) is 20.6. The molecule has 0 spiro atoms. The van der Waals surface area contributed by atoms with Crippen molar-refractivity contribution in [2.45, 2.75) is 70.6 Å². The maximum absolute atomic E-state index is 11.2. The number of nitrogens with zero attached hydrogens (tertiary/aromatic N) is 4. The molecule has 0 saturated heterocycles. The summed E-state index contributed by atoms with van der Waals surface area (Å²) in [4.78, 5) is 24.0. The first-order chi connectivity index (χ1) is 14.0. The first kappa shape index (κ1) is 21.2. The standard InChI is InChI=1S/C22H30N4O3/c1-16-24-14-19(15-25-16)18(13-21(27)28)7-4-2-3-5-9-20-11-10-17-8-6-12-23-22(17)26(20)29/h10-11,14-15,18,29H,2-9,12-13H2,1H3,(H,27,28)/t18-/m0/s1. The summed E-state index contributed by atoms with van der Waals surface area (Å²) < 4.78 is 0. The molecule has 1 aromatic rings. The minimum Gasteiger partial charge on any atom is -0.481 e. The minimum atomic E-state index is -0.791. The van der Waals surface area contributed by atoms with Crippen molar-refractivity contribution in [3.63, 3.8) is 0 Å². The summed E-state index contributed by atoms with van der Waals surface area (Å²) in [6.07, 6.45) is 15.3. The number of carbonyl (C=O) groups is 1. The number of rotatable bonds is 10. The van der Waals surface area contributed by atoms with Gasteiger partial charge in [-0.1, -0.05) is 25.3 Å². The second-order valence-corrected chi connectivity index (χ2v) is 7.78. The average molecular weight is 399 g/mol. The molecule has 0 radical (unpaired) electrons. The summed E-state index contributed by atoms with van der Waals surface area (Å²) in [5.41, 5.74) is 2.92. The van der Waals surface area contributed by atoms with Gasteiger partial charge in [0.25, 0.3) is 0 Å². The van der Waals surface area contributed by atoms with Gasteiger partial charge in [-0.05, 0) is 62.2 Å². The number of aromatic nitrogens is 2. The maximum atomic E-state index is 11.2. The highest BCUT2D eigenvalue weighted by Gasteiger charge is 2.23. The van der Waals surface area contributed by atoms with E-state index in [0.717, 1.165) is 74.7 Å². The van der Waals surface area contributed by atoms with Gasteiger partial charge in [0.15, 0.2) is 5.84 Å². The molecule has 2 aliphatic rings. The van der Waals surface area contributed by atoms with Crippen LogP contribution in [-0.2, 0) is 4.79 Å². The van der Waals surface area contributed by atoms with Gasteiger partial charge in [0.2, 0.25) is 0 Å². The van der Waals surface area contributed by atoms with Crippen LogP contribution in [0.5, 0.6) is 0 Å². The topological polar surface area (TPSA) is 98.9 Å². The normalized spacial score (nSPS) is 17.2. The van der Waals surface area contributed by atoms with Gasteiger partial charge in [0, 0.05) is 24.6 Å². The van der Waals surface area contributed by atoms with Crippen molar-refractivity contribution in [3.05, 3.63) is 47.2 Å². The van der Waals surface area contributed by atoms with E-state index in [-0.39, 0.29) is 12.3 Å². The number of hydroxylamine groups is 2. The summed E-state index contributed by atoms with van der Waals surface area (Å²) in [7, 11) is 0. The number of unbranched alkanes of at least 4 members (excludes halogenated alkanes) is 3. The summed E-state index contributed by atoms with van der Waals surface area (Å²) in [5, 5.41) is 20.9. The van der Waals surface area contributed by atoms with Gasteiger partial charge < -0.3 is 5.11 Å². The lowest BCUT2D eigenvalue weighted by Crippen LogP contribution is -2.32. The van der Waals surface area contributed by atoms with Gasteiger partial charge in [-0.25, -0.2) is 15.0 Å². The number of aryl methyl sites for hydroxylation is 1. The predicted octanol–water partition coefficient (Wildman–Crippen LogP) is 4.39. The number of aliphatic imine (C=N–C) groups is 1. The van der Waals surface area contributed by atoms with Crippen molar-refractivity contribution < 1.29 is 15.1 Å². The molecule has 0 aromatic carbocycles. The fourth-order valence-electron chi connectivity index (χ4n) is 3.88. The summed E-state index contributed by atoms with van der Waals surface area (Å²) in [5.74, 6) is 0.570. The molecule has 0 saturated carbocycles. The van der Waals surface area contributed by atoms with E-state index in [4.69, 9.17) is 0 Å². The van der Waals surface area contributed by atoms with E-state index in [1.54, 1.807) is 12.4 Å². The van der Waals surface area contributed by atoms with E-state index in [1.165, 1.54) is 5.06 Å². The van der Waals surface area contributed by atoms with Crippen LogP contribution in [0.2, 0.25) is 0 Å². The highest BCUT2D eigenvalue weighted by molar-refractivity contribution is 6.00. The van der Waals surface area contributed by atoms with Crippen LogP contribution in [0.3, 0.4) is 0 Å². The molecule has 156 valence electrons. The van der Waals surface area contributed by atoms with E-state index < -0.39 is 5.97 Å².